The minimum atomic E-state index is 0.674. The second-order valence-electron chi connectivity index (χ2n) is 14.0. The SMILES string of the molecule is N#Cc1ccc(-c2ccc3cc(-c4ccc5c(c4)c4ccccc4c4cc6c7c8ccccc8ccc7n(-c7ccccc7)c6cc54)ccc3c2)cc1. The van der Waals surface area contributed by atoms with E-state index in [0.717, 1.165) is 16.8 Å². The van der Waals surface area contributed by atoms with Crippen molar-refractivity contribution < 1.29 is 0 Å². The van der Waals surface area contributed by atoms with Crippen molar-refractivity contribution in [2.45, 2.75) is 0 Å². The summed E-state index contributed by atoms with van der Waals surface area (Å²) >= 11 is 0. The van der Waals surface area contributed by atoms with Crippen molar-refractivity contribution in [3.8, 4) is 34.0 Å². The average Bonchev–Trinajstić information content (AvgIpc) is 3.56. The summed E-state index contributed by atoms with van der Waals surface area (Å²) < 4.78 is 2.44. The highest BCUT2D eigenvalue weighted by atomic mass is 15.0. The lowest BCUT2D eigenvalue weighted by Gasteiger charge is -2.14. The first-order valence-corrected chi connectivity index (χ1v) is 18.1. The summed E-state index contributed by atoms with van der Waals surface area (Å²) in [5.41, 5.74) is 8.92. The lowest BCUT2D eigenvalue weighted by atomic mass is 9.90. The van der Waals surface area contributed by atoms with Crippen LogP contribution >= 0.6 is 0 Å². The number of fused-ring (bicyclic) bond motifs is 12. The number of nitrogens with zero attached hydrogens (tertiary/aromatic N) is 2. The summed E-state index contributed by atoms with van der Waals surface area (Å²) in [6.07, 6.45) is 0. The molecule has 2 nitrogen and oxygen atoms in total. The van der Waals surface area contributed by atoms with Crippen molar-refractivity contribution in [3.05, 3.63) is 188 Å². The van der Waals surface area contributed by atoms with Crippen LogP contribution in [0.4, 0.5) is 0 Å². The van der Waals surface area contributed by atoms with Gasteiger partial charge in [0.2, 0.25) is 0 Å². The van der Waals surface area contributed by atoms with E-state index in [1.807, 2.05) is 24.3 Å². The zero-order valence-corrected chi connectivity index (χ0v) is 28.7. The van der Waals surface area contributed by atoms with E-state index < -0.39 is 0 Å². The number of para-hydroxylation sites is 1. The van der Waals surface area contributed by atoms with Crippen molar-refractivity contribution in [2.75, 3.05) is 0 Å². The van der Waals surface area contributed by atoms with Gasteiger partial charge < -0.3 is 4.57 Å². The molecule has 1 heterocycles. The van der Waals surface area contributed by atoms with E-state index >= 15 is 0 Å². The highest BCUT2D eigenvalue weighted by molar-refractivity contribution is 6.31. The first-order chi connectivity index (χ1) is 26.2. The summed E-state index contributed by atoms with van der Waals surface area (Å²) in [6.45, 7) is 0. The van der Waals surface area contributed by atoms with Crippen LogP contribution in [0.5, 0.6) is 0 Å². The Bertz CT molecular complexity index is 3330. The Morgan fingerprint density at radius 2 is 0.887 bits per heavy atom. The fourth-order valence-electron chi connectivity index (χ4n) is 8.61. The average molecular weight is 671 g/mol. The molecule has 0 saturated heterocycles. The van der Waals surface area contributed by atoms with Gasteiger partial charge >= 0.3 is 0 Å². The van der Waals surface area contributed by atoms with Gasteiger partial charge in [-0.3, -0.25) is 0 Å². The molecule has 11 rings (SSSR count). The number of rotatable bonds is 3. The van der Waals surface area contributed by atoms with Crippen LogP contribution in [0, 0.1) is 11.3 Å². The molecule has 11 aromatic rings. The number of benzene rings is 10. The number of hydrogen-bond donors (Lipinski definition) is 0. The minimum Gasteiger partial charge on any atom is -0.309 e. The third kappa shape index (κ3) is 4.51. The second-order valence-corrected chi connectivity index (χ2v) is 14.0. The first kappa shape index (κ1) is 29.5. The van der Waals surface area contributed by atoms with Crippen molar-refractivity contribution in [3.63, 3.8) is 0 Å². The van der Waals surface area contributed by atoms with Crippen LogP contribution < -0.4 is 0 Å². The maximum absolute atomic E-state index is 9.21. The molecule has 0 unspecified atom stereocenters. The van der Waals surface area contributed by atoms with Gasteiger partial charge in [0, 0.05) is 16.5 Å². The summed E-state index contributed by atoms with van der Waals surface area (Å²) in [6, 6.07) is 68.2. The lowest BCUT2D eigenvalue weighted by Crippen LogP contribution is -1.93. The standard InChI is InChI=1S/C51H30N2/c52-31-32-14-16-33(17-15-32)35-18-19-37-27-38(21-20-36(37)26-35)39-22-24-44-45(28-39)42-12-6-7-13-43(42)46-29-48-50(30-47(44)46)53(40-9-2-1-3-10-40)49-25-23-34-8-4-5-11-41(34)51(48)49/h1-30H. The van der Waals surface area contributed by atoms with Crippen LogP contribution in [0.15, 0.2) is 182 Å². The van der Waals surface area contributed by atoms with E-state index in [9.17, 15) is 5.26 Å². The van der Waals surface area contributed by atoms with Gasteiger partial charge in [-0.05, 0) is 137 Å². The first-order valence-electron chi connectivity index (χ1n) is 18.1. The van der Waals surface area contributed by atoms with Gasteiger partial charge in [0.15, 0.2) is 0 Å². The third-order valence-electron chi connectivity index (χ3n) is 11.1. The van der Waals surface area contributed by atoms with Crippen LogP contribution in [0.3, 0.4) is 0 Å². The van der Waals surface area contributed by atoms with Gasteiger partial charge in [-0.1, -0.05) is 121 Å². The van der Waals surface area contributed by atoms with Crippen LogP contribution in [0.2, 0.25) is 0 Å². The Balaban J connectivity index is 1.13. The van der Waals surface area contributed by atoms with Crippen LogP contribution in [-0.4, -0.2) is 4.57 Å². The number of aromatic nitrogens is 1. The summed E-state index contributed by atoms with van der Waals surface area (Å²) in [5.74, 6) is 0. The van der Waals surface area contributed by atoms with Gasteiger partial charge in [0.1, 0.15) is 0 Å². The largest absolute Gasteiger partial charge is 0.309 e. The van der Waals surface area contributed by atoms with Gasteiger partial charge in [-0.2, -0.15) is 5.26 Å². The predicted molar refractivity (Wildman–Crippen MR) is 224 cm³/mol. The maximum Gasteiger partial charge on any atom is 0.0991 e. The van der Waals surface area contributed by atoms with Crippen LogP contribution in [-0.2, 0) is 0 Å². The molecule has 0 radical (unpaired) electrons. The highest BCUT2D eigenvalue weighted by Gasteiger charge is 2.18. The number of nitriles is 1. The monoisotopic (exact) mass is 670 g/mol. The Labute approximate surface area is 306 Å². The molecule has 0 spiro atoms. The summed E-state index contributed by atoms with van der Waals surface area (Å²) in [5, 5.41) is 24.3. The third-order valence-corrected chi connectivity index (χ3v) is 11.1. The molecule has 1 aromatic heterocycles. The lowest BCUT2D eigenvalue weighted by molar-refractivity contribution is 1.18. The summed E-state index contributed by atoms with van der Waals surface area (Å²) in [4.78, 5) is 0. The Morgan fingerprint density at radius 3 is 1.62 bits per heavy atom. The Kier molecular flexibility index (Phi) is 6.35. The van der Waals surface area contributed by atoms with E-state index in [4.69, 9.17) is 0 Å². The molecule has 0 fully saturated rings. The van der Waals surface area contributed by atoms with E-state index in [1.54, 1.807) is 0 Å². The maximum atomic E-state index is 9.21. The molecule has 0 atom stereocenters. The fraction of sp³-hybridized carbons (Fsp3) is 0. The zero-order chi connectivity index (χ0) is 35.0. The van der Waals surface area contributed by atoms with Gasteiger partial charge in [0.05, 0.1) is 22.7 Å². The highest BCUT2D eigenvalue weighted by Crippen LogP contribution is 2.43. The molecule has 0 saturated carbocycles. The molecule has 244 valence electrons. The van der Waals surface area contributed by atoms with Gasteiger partial charge in [-0.25, -0.2) is 0 Å². The molecular formula is C51H30N2. The minimum absolute atomic E-state index is 0.674. The van der Waals surface area contributed by atoms with Gasteiger partial charge in [0.25, 0.3) is 0 Å². The van der Waals surface area contributed by atoms with E-state index in [1.165, 1.54) is 86.8 Å². The summed E-state index contributed by atoms with van der Waals surface area (Å²) in [7, 11) is 0. The molecule has 0 N–H and O–H groups in total. The number of hydrogen-bond acceptors (Lipinski definition) is 1. The van der Waals surface area contributed by atoms with Crippen molar-refractivity contribution in [2.24, 2.45) is 0 Å². The van der Waals surface area contributed by atoms with Crippen LogP contribution in [0.25, 0.3) is 104 Å². The van der Waals surface area contributed by atoms with E-state index in [2.05, 4.69) is 168 Å². The van der Waals surface area contributed by atoms with Crippen molar-refractivity contribution in [1.82, 2.24) is 4.57 Å². The molecule has 0 aliphatic rings. The van der Waals surface area contributed by atoms with E-state index in [0.29, 0.717) is 5.56 Å². The molecule has 0 bridgehead atoms. The molecular weight excluding hydrogens is 641 g/mol. The quantitative estimate of drug-likeness (QED) is 0.172. The molecule has 0 aliphatic carbocycles. The topological polar surface area (TPSA) is 28.7 Å². The predicted octanol–water partition coefficient (Wildman–Crippen LogP) is 13.8. The van der Waals surface area contributed by atoms with Crippen molar-refractivity contribution in [1.29, 1.82) is 5.26 Å². The molecule has 0 aliphatic heterocycles. The Morgan fingerprint density at radius 1 is 0.340 bits per heavy atom. The second kappa shape index (κ2) is 11.4. The molecule has 10 aromatic carbocycles. The Hall–Kier alpha value is -7.21. The molecule has 0 amide bonds. The zero-order valence-electron chi connectivity index (χ0n) is 28.7. The van der Waals surface area contributed by atoms with Gasteiger partial charge in [-0.15, -0.1) is 0 Å². The molecule has 2 heteroatoms. The van der Waals surface area contributed by atoms with E-state index in [-0.39, 0.29) is 0 Å². The fourth-order valence-corrected chi connectivity index (χ4v) is 8.61. The van der Waals surface area contributed by atoms with Crippen LogP contribution in [0.1, 0.15) is 5.56 Å². The molecule has 53 heavy (non-hydrogen) atoms. The smallest absolute Gasteiger partial charge is 0.0991 e. The van der Waals surface area contributed by atoms with Crippen molar-refractivity contribution >= 4 is 75.7 Å². The normalized spacial score (nSPS) is 11.8.